The van der Waals surface area contributed by atoms with Crippen molar-refractivity contribution in [2.45, 2.75) is 0 Å². The quantitative estimate of drug-likeness (QED) is 0.868. The van der Waals surface area contributed by atoms with Crippen LogP contribution in [0.15, 0.2) is 18.2 Å². The van der Waals surface area contributed by atoms with E-state index in [-0.39, 0.29) is 23.7 Å². The summed E-state index contributed by atoms with van der Waals surface area (Å²) >= 11 is 0. The summed E-state index contributed by atoms with van der Waals surface area (Å²) in [6.45, 7) is 2.35. The average molecular weight is 275 g/mol. The number of amides is 1. The van der Waals surface area contributed by atoms with E-state index in [1.165, 1.54) is 19.2 Å². The van der Waals surface area contributed by atoms with Gasteiger partial charge in [0.1, 0.15) is 17.1 Å². The Bertz CT molecular complexity index is 425. The zero-order valence-electron chi connectivity index (χ0n) is 10.0. The third kappa shape index (κ3) is 3.11. The molecule has 0 aromatic heterocycles. The third-order valence-corrected chi connectivity index (χ3v) is 2.84. The molecule has 0 atom stereocenters. The number of carbonyl (C=O) groups excluding carboxylic acids is 1. The van der Waals surface area contributed by atoms with Crippen molar-refractivity contribution in [3.63, 3.8) is 0 Å². The van der Waals surface area contributed by atoms with E-state index in [4.69, 9.17) is 4.74 Å². The van der Waals surface area contributed by atoms with E-state index in [0.29, 0.717) is 12.5 Å². The first kappa shape index (κ1) is 14.7. The van der Waals surface area contributed by atoms with Crippen LogP contribution in [0, 0.1) is 11.7 Å². The van der Waals surface area contributed by atoms with Crippen LogP contribution in [0.3, 0.4) is 0 Å². The Hall–Kier alpha value is -1.33. The number of halogens is 2. The van der Waals surface area contributed by atoms with Gasteiger partial charge in [-0.15, -0.1) is 12.4 Å². The van der Waals surface area contributed by atoms with E-state index in [0.717, 1.165) is 13.1 Å². The van der Waals surface area contributed by atoms with Crippen LogP contribution < -0.4 is 15.4 Å². The van der Waals surface area contributed by atoms with E-state index >= 15 is 0 Å². The monoisotopic (exact) mass is 274 g/mol. The molecule has 1 aliphatic heterocycles. The molecule has 1 saturated heterocycles. The molecule has 1 aliphatic rings. The van der Waals surface area contributed by atoms with Gasteiger partial charge in [0.05, 0.1) is 7.11 Å². The highest BCUT2D eigenvalue weighted by Gasteiger charge is 2.21. The molecule has 1 amide bonds. The highest BCUT2D eigenvalue weighted by atomic mass is 35.5. The second-order valence-corrected chi connectivity index (χ2v) is 4.05. The summed E-state index contributed by atoms with van der Waals surface area (Å²) < 4.78 is 18.5. The largest absolute Gasteiger partial charge is 0.496 e. The molecule has 1 aromatic rings. The summed E-state index contributed by atoms with van der Waals surface area (Å²) in [5, 5.41) is 5.83. The Labute approximate surface area is 111 Å². The number of benzene rings is 1. The molecule has 2 N–H and O–H groups in total. The lowest BCUT2D eigenvalue weighted by Crippen LogP contribution is -2.48. The van der Waals surface area contributed by atoms with Crippen LogP contribution in [0.2, 0.25) is 0 Å². The predicted octanol–water partition coefficient (Wildman–Crippen LogP) is 1.21. The Balaban J connectivity index is 0.00000162. The summed E-state index contributed by atoms with van der Waals surface area (Å²) in [5.74, 6) is -0.286. The lowest BCUT2D eigenvalue weighted by Gasteiger charge is -2.27. The molecule has 6 heteroatoms. The molecule has 0 radical (unpaired) electrons. The van der Waals surface area contributed by atoms with Gasteiger partial charge in [0.2, 0.25) is 0 Å². The van der Waals surface area contributed by atoms with Gasteiger partial charge in [0.15, 0.2) is 0 Å². The van der Waals surface area contributed by atoms with Crippen LogP contribution in [0.1, 0.15) is 10.4 Å². The van der Waals surface area contributed by atoms with Crippen molar-refractivity contribution in [1.29, 1.82) is 0 Å². The minimum absolute atomic E-state index is 0. The molecule has 1 heterocycles. The molecule has 0 bridgehead atoms. The molecule has 18 heavy (non-hydrogen) atoms. The molecule has 0 unspecified atom stereocenters. The van der Waals surface area contributed by atoms with Gasteiger partial charge < -0.3 is 15.4 Å². The van der Waals surface area contributed by atoms with Crippen LogP contribution in [-0.2, 0) is 0 Å². The SMILES string of the molecule is COc1cccc(F)c1C(=O)NCC1CNC1.Cl. The van der Waals surface area contributed by atoms with Crippen molar-refractivity contribution < 1.29 is 13.9 Å². The fourth-order valence-corrected chi connectivity index (χ4v) is 1.71. The summed E-state index contributed by atoms with van der Waals surface area (Å²) in [4.78, 5) is 11.8. The first-order valence-electron chi connectivity index (χ1n) is 5.53. The molecule has 4 nitrogen and oxygen atoms in total. The average Bonchev–Trinajstić information content (AvgIpc) is 2.26. The Kier molecular flexibility index (Phi) is 5.37. The first-order chi connectivity index (χ1) is 8.22. The highest BCUT2D eigenvalue weighted by molar-refractivity contribution is 5.97. The summed E-state index contributed by atoms with van der Waals surface area (Å²) in [7, 11) is 1.42. The van der Waals surface area contributed by atoms with Crippen molar-refractivity contribution >= 4 is 18.3 Å². The van der Waals surface area contributed by atoms with E-state index in [2.05, 4.69) is 10.6 Å². The summed E-state index contributed by atoms with van der Waals surface area (Å²) in [6.07, 6.45) is 0. The Morgan fingerprint density at radius 1 is 1.56 bits per heavy atom. The fourth-order valence-electron chi connectivity index (χ4n) is 1.71. The molecule has 0 spiro atoms. The van der Waals surface area contributed by atoms with E-state index in [9.17, 15) is 9.18 Å². The van der Waals surface area contributed by atoms with Gasteiger partial charge >= 0.3 is 0 Å². The van der Waals surface area contributed by atoms with Crippen molar-refractivity contribution in [3.8, 4) is 5.75 Å². The second kappa shape index (κ2) is 6.56. The van der Waals surface area contributed by atoms with Gasteiger partial charge in [-0.05, 0) is 12.1 Å². The molecule has 1 aromatic carbocycles. The minimum atomic E-state index is -0.561. The summed E-state index contributed by atoms with van der Waals surface area (Å²) in [5.41, 5.74) is -0.0257. The maximum absolute atomic E-state index is 13.6. The van der Waals surface area contributed by atoms with Gasteiger partial charge in [-0.3, -0.25) is 4.79 Å². The lowest BCUT2D eigenvalue weighted by atomic mass is 10.0. The van der Waals surface area contributed by atoms with E-state index in [1.54, 1.807) is 6.07 Å². The smallest absolute Gasteiger partial charge is 0.258 e. The maximum Gasteiger partial charge on any atom is 0.258 e. The Morgan fingerprint density at radius 3 is 2.83 bits per heavy atom. The molecule has 2 rings (SSSR count). The number of methoxy groups -OCH3 is 1. The van der Waals surface area contributed by atoms with Gasteiger partial charge in [-0.25, -0.2) is 4.39 Å². The summed E-state index contributed by atoms with van der Waals surface area (Å²) in [6, 6.07) is 4.34. The Morgan fingerprint density at radius 2 is 2.28 bits per heavy atom. The van der Waals surface area contributed by atoms with Crippen LogP contribution in [0.25, 0.3) is 0 Å². The van der Waals surface area contributed by atoms with Crippen molar-refractivity contribution in [1.82, 2.24) is 10.6 Å². The van der Waals surface area contributed by atoms with Crippen LogP contribution in [-0.4, -0.2) is 32.7 Å². The number of ether oxygens (including phenoxy) is 1. The highest BCUT2D eigenvalue weighted by Crippen LogP contribution is 2.20. The number of nitrogens with one attached hydrogen (secondary N) is 2. The molecule has 0 saturated carbocycles. The first-order valence-corrected chi connectivity index (χ1v) is 5.53. The number of hydrogen-bond donors (Lipinski definition) is 2. The number of hydrogen-bond acceptors (Lipinski definition) is 3. The van der Waals surface area contributed by atoms with Crippen LogP contribution in [0.4, 0.5) is 4.39 Å². The molecule has 1 fully saturated rings. The van der Waals surface area contributed by atoms with E-state index < -0.39 is 11.7 Å². The third-order valence-electron chi connectivity index (χ3n) is 2.84. The van der Waals surface area contributed by atoms with Crippen molar-refractivity contribution in [3.05, 3.63) is 29.6 Å². The number of carbonyl (C=O) groups is 1. The predicted molar refractivity (Wildman–Crippen MR) is 68.9 cm³/mol. The normalized spacial score (nSPS) is 14.3. The van der Waals surface area contributed by atoms with Gasteiger partial charge in [0.25, 0.3) is 5.91 Å². The van der Waals surface area contributed by atoms with Crippen LogP contribution >= 0.6 is 12.4 Å². The van der Waals surface area contributed by atoms with E-state index in [1.807, 2.05) is 0 Å². The maximum atomic E-state index is 13.6. The molecule has 0 aliphatic carbocycles. The fraction of sp³-hybridized carbons (Fsp3) is 0.417. The second-order valence-electron chi connectivity index (χ2n) is 4.05. The zero-order valence-corrected chi connectivity index (χ0v) is 10.8. The molecule has 100 valence electrons. The minimum Gasteiger partial charge on any atom is -0.496 e. The van der Waals surface area contributed by atoms with Crippen LogP contribution in [0.5, 0.6) is 5.75 Å². The van der Waals surface area contributed by atoms with Crippen molar-refractivity contribution in [2.75, 3.05) is 26.7 Å². The molecular weight excluding hydrogens is 259 g/mol. The van der Waals surface area contributed by atoms with Crippen molar-refractivity contribution in [2.24, 2.45) is 5.92 Å². The zero-order chi connectivity index (χ0) is 12.3. The molecular formula is C12H16ClFN2O2. The topological polar surface area (TPSA) is 50.4 Å². The number of rotatable bonds is 4. The van der Waals surface area contributed by atoms with Gasteiger partial charge in [0, 0.05) is 25.6 Å². The standard InChI is InChI=1S/C12H15FN2O2.ClH/c1-17-10-4-2-3-9(13)11(10)12(16)15-7-8-5-14-6-8;/h2-4,8,14H,5-7H2,1H3,(H,15,16);1H. The van der Waals surface area contributed by atoms with Gasteiger partial charge in [-0.2, -0.15) is 0 Å². The lowest BCUT2D eigenvalue weighted by molar-refractivity contribution is 0.0935. The van der Waals surface area contributed by atoms with Gasteiger partial charge in [-0.1, -0.05) is 6.07 Å².